The summed E-state index contributed by atoms with van der Waals surface area (Å²) in [4.78, 5) is 8.32. The van der Waals surface area contributed by atoms with Gasteiger partial charge >= 0.3 is 0 Å². The minimum absolute atomic E-state index is 0.275. The molecule has 0 unspecified atom stereocenters. The third-order valence-electron chi connectivity index (χ3n) is 2.92. The van der Waals surface area contributed by atoms with Gasteiger partial charge in [-0.15, -0.1) is 0 Å². The standard InChI is InChI=1S/C14H13FN4O2/c1-9-5-11(3-4-12(9)15)21-13-6-10(7-20-2)18-14-16-8-17-19(13)14/h3-6,8H,7H2,1-2H3. The Morgan fingerprint density at radius 3 is 2.90 bits per heavy atom. The third-order valence-corrected chi connectivity index (χ3v) is 2.92. The van der Waals surface area contributed by atoms with Gasteiger partial charge in [-0.3, -0.25) is 0 Å². The lowest BCUT2D eigenvalue weighted by molar-refractivity contribution is 0.181. The zero-order valence-corrected chi connectivity index (χ0v) is 11.6. The van der Waals surface area contributed by atoms with Gasteiger partial charge in [0.2, 0.25) is 5.88 Å². The number of ether oxygens (including phenoxy) is 2. The monoisotopic (exact) mass is 288 g/mol. The number of aryl methyl sites for hydroxylation is 1. The fourth-order valence-electron chi connectivity index (χ4n) is 1.93. The Bertz CT molecular complexity index is 788. The summed E-state index contributed by atoms with van der Waals surface area (Å²) in [5.74, 6) is 1.09. The molecular weight excluding hydrogens is 275 g/mol. The van der Waals surface area contributed by atoms with Crippen LogP contribution in [0.5, 0.6) is 11.6 Å². The Labute approximate surface area is 120 Å². The number of hydrogen-bond acceptors (Lipinski definition) is 5. The summed E-state index contributed by atoms with van der Waals surface area (Å²) in [5, 5.41) is 4.06. The minimum atomic E-state index is -0.275. The first-order valence-electron chi connectivity index (χ1n) is 6.30. The molecule has 3 aromatic rings. The summed E-state index contributed by atoms with van der Waals surface area (Å²) in [6.07, 6.45) is 1.39. The molecular formula is C14H13FN4O2. The van der Waals surface area contributed by atoms with Gasteiger partial charge in [-0.1, -0.05) is 0 Å². The zero-order chi connectivity index (χ0) is 14.8. The van der Waals surface area contributed by atoms with Crippen LogP contribution in [0.15, 0.2) is 30.6 Å². The average Bonchev–Trinajstić information content (AvgIpc) is 2.92. The maximum atomic E-state index is 13.3. The fourth-order valence-corrected chi connectivity index (χ4v) is 1.93. The number of methoxy groups -OCH3 is 1. The number of aromatic nitrogens is 4. The molecule has 0 aliphatic heterocycles. The molecule has 2 aromatic heterocycles. The Morgan fingerprint density at radius 2 is 2.14 bits per heavy atom. The van der Waals surface area contributed by atoms with E-state index in [4.69, 9.17) is 9.47 Å². The van der Waals surface area contributed by atoms with Crippen LogP contribution in [0, 0.1) is 12.7 Å². The predicted molar refractivity (Wildman–Crippen MR) is 72.7 cm³/mol. The van der Waals surface area contributed by atoms with E-state index in [0.29, 0.717) is 35.3 Å². The van der Waals surface area contributed by atoms with E-state index in [2.05, 4.69) is 15.1 Å². The molecule has 0 spiro atoms. The Morgan fingerprint density at radius 1 is 1.29 bits per heavy atom. The van der Waals surface area contributed by atoms with Gasteiger partial charge in [-0.25, -0.2) is 9.37 Å². The lowest BCUT2D eigenvalue weighted by Crippen LogP contribution is -2.02. The molecule has 0 aliphatic rings. The summed E-state index contributed by atoms with van der Waals surface area (Å²) >= 11 is 0. The van der Waals surface area contributed by atoms with Crippen molar-refractivity contribution < 1.29 is 13.9 Å². The number of benzene rings is 1. The molecule has 1 aromatic carbocycles. The van der Waals surface area contributed by atoms with Crippen LogP contribution in [0.3, 0.4) is 0 Å². The number of halogens is 1. The van der Waals surface area contributed by atoms with E-state index >= 15 is 0 Å². The molecule has 108 valence electrons. The van der Waals surface area contributed by atoms with Gasteiger partial charge in [0, 0.05) is 13.2 Å². The topological polar surface area (TPSA) is 61.5 Å². The second kappa shape index (κ2) is 5.45. The van der Waals surface area contributed by atoms with E-state index < -0.39 is 0 Å². The highest BCUT2D eigenvalue weighted by Gasteiger charge is 2.10. The lowest BCUT2D eigenvalue weighted by atomic mass is 10.2. The smallest absolute Gasteiger partial charge is 0.255 e. The highest BCUT2D eigenvalue weighted by atomic mass is 19.1. The second-order valence-electron chi connectivity index (χ2n) is 4.50. The zero-order valence-electron chi connectivity index (χ0n) is 11.6. The van der Waals surface area contributed by atoms with Crippen molar-refractivity contribution in [2.75, 3.05) is 7.11 Å². The molecule has 0 amide bonds. The average molecular weight is 288 g/mol. The SMILES string of the molecule is COCc1cc(Oc2ccc(F)c(C)c2)n2ncnc2n1. The van der Waals surface area contributed by atoms with E-state index in [-0.39, 0.29) is 5.82 Å². The summed E-state index contributed by atoms with van der Waals surface area (Å²) in [5.41, 5.74) is 1.18. The van der Waals surface area contributed by atoms with Crippen LogP contribution < -0.4 is 4.74 Å². The maximum absolute atomic E-state index is 13.3. The van der Waals surface area contributed by atoms with Crippen molar-refractivity contribution in [3.8, 4) is 11.6 Å². The van der Waals surface area contributed by atoms with Gasteiger partial charge in [0.25, 0.3) is 5.78 Å². The molecule has 0 saturated carbocycles. The van der Waals surface area contributed by atoms with E-state index in [0.717, 1.165) is 0 Å². The summed E-state index contributed by atoms with van der Waals surface area (Å²) in [6.45, 7) is 2.01. The fraction of sp³-hybridized carbons (Fsp3) is 0.214. The lowest BCUT2D eigenvalue weighted by Gasteiger charge is -2.09. The van der Waals surface area contributed by atoms with Crippen LogP contribution in [0.25, 0.3) is 5.78 Å². The van der Waals surface area contributed by atoms with Crippen molar-refractivity contribution in [1.82, 2.24) is 19.6 Å². The molecule has 0 aliphatic carbocycles. The van der Waals surface area contributed by atoms with E-state index in [1.165, 1.54) is 16.9 Å². The predicted octanol–water partition coefficient (Wildman–Crippen LogP) is 2.51. The maximum Gasteiger partial charge on any atom is 0.255 e. The van der Waals surface area contributed by atoms with Gasteiger partial charge in [0.15, 0.2) is 0 Å². The first kappa shape index (κ1) is 13.4. The van der Waals surface area contributed by atoms with E-state index in [1.54, 1.807) is 32.2 Å². The molecule has 21 heavy (non-hydrogen) atoms. The van der Waals surface area contributed by atoms with Crippen molar-refractivity contribution >= 4 is 5.78 Å². The largest absolute Gasteiger partial charge is 0.439 e. The van der Waals surface area contributed by atoms with Gasteiger partial charge in [-0.05, 0) is 30.7 Å². The molecule has 2 heterocycles. The molecule has 3 rings (SSSR count). The van der Waals surface area contributed by atoms with Gasteiger partial charge < -0.3 is 9.47 Å². The number of rotatable bonds is 4. The van der Waals surface area contributed by atoms with Crippen LogP contribution in [0.1, 0.15) is 11.3 Å². The van der Waals surface area contributed by atoms with Gasteiger partial charge in [0.05, 0.1) is 12.3 Å². The third kappa shape index (κ3) is 2.68. The number of nitrogens with zero attached hydrogens (tertiary/aromatic N) is 4. The number of hydrogen-bond donors (Lipinski definition) is 0. The van der Waals surface area contributed by atoms with Crippen LogP contribution in [-0.4, -0.2) is 26.7 Å². The molecule has 0 atom stereocenters. The summed E-state index contributed by atoms with van der Waals surface area (Å²) < 4.78 is 25.6. The molecule has 6 nitrogen and oxygen atoms in total. The van der Waals surface area contributed by atoms with Crippen LogP contribution in [0.2, 0.25) is 0 Å². The van der Waals surface area contributed by atoms with Gasteiger partial charge in [0.1, 0.15) is 17.9 Å². The quantitative estimate of drug-likeness (QED) is 0.738. The van der Waals surface area contributed by atoms with E-state index in [9.17, 15) is 4.39 Å². The summed E-state index contributed by atoms with van der Waals surface area (Å²) in [6, 6.07) is 6.25. The Balaban J connectivity index is 2.01. The number of fused-ring (bicyclic) bond motifs is 1. The minimum Gasteiger partial charge on any atom is -0.439 e. The second-order valence-corrected chi connectivity index (χ2v) is 4.50. The molecule has 0 fully saturated rings. The van der Waals surface area contributed by atoms with Crippen LogP contribution in [-0.2, 0) is 11.3 Å². The normalized spacial score (nSPS) is 11.0. The first-order chi connectivity index (χ1) is 10.2. The molecule has 0 N–H and O–H groups in total. The highest BCUT2D eigenvalue weighted by molar-refractivity contribution is 5.37. The molecule has 7 heteroatoms. The van der Waals surface area contributed by atoms with Gasteiger partial charge in [-0.2, -0.15) is 14.6 Å². The molecule has 0 radical (unpaired) electrons. The van der Waals surface area contributed by atoms with Crippen molar-refractivity contribution in [3.63, 3.8) is 0 Å². The highest BCUT2D eigenvalue weighted by Crippen LogP contribution is 2.24. The Hall–Kier alpha value is -2.54. The van der Waals surface area contributed by atoms with Crippen LogP contribution in [0.4, 0.5) is 4.39 Å². The first-order valence-corrected chi connectivity index (χ1v) is 6.30. The molecule has 0 saturated heterocycles. The summed E-state index contributed by atoms with van der Waals surface area (Å²) in [7, 11) is 1.58. The van der Waals surface area contributed by atoms with Crippen molar-refractivity contribution in [2.45, 2.75) is 13.5 Å². The van der Waals surface area contributed by atoms with Crippen molar-refractivity contribution in [1.29, 1.82) is 0 Å². The Kier molecular flexibility index (Phi) is 3.49. The van der Waals surface area contributed by atoms with Crippen molar-refractivity contribution in [3.05, 3.63) is 47.7 Å². The van der Waals surface area contributed by atoms with E-state index in [1.807, 2.05) is 0 Å². The van der Waals surface area contributed by atoms with Crippen molar-refractivity contribution in [2.24, 2.45) is 0 Å². The molecule has 0 bridgehead atoms. The van der Waals surface area contributed by atoms with Crippen LogP contribution >= 0.6 is 0 Å².